The van der Waals surface area contributed by atoms with Gasteiger partial charge in [-0.2, -0.15) is 4.98 Å². The number of primary amides is 1. The van der Waals surface area contributed by atoms with Crippen molar-refractivity contribution in [3.63, 3.8) is 0 Å². The third kappa shape index (κ3) is 2.09. The van der Waals surface area contributed by atoms with E-state index in [-0.39, 0.29) is 11.8 Å². The van der Waals surface area contributed by atoms with Crippen molar-refractivity contribution >= 4 is 28.7 Å². The van der Waals surface area contributed by atoms with Crippen molar-refractivity contribution in [3.05, 3.63) is 18.2 Å². The number of hydrogen-bond acceptors (Lipinski definition) is 5. The fourth-order valence-electron chi connectivity index (χ4n) is 2.45. The number of carbonyl (C=O) groups is 1. The number of fused-ring (bicyclic) bond motifs is 1. The summed E-state index contributed by atoms with van der Waals surface area (Å²) in [7, 11) is 0. The number of benzene rings is 1. The Bertz CT molecular complexity index is 614. The van der Waals surface area contributed by atoms with E-state index in [1.54, 1.807) is 6.07 Å². The number of anilines is 2. The summed E-state index contributed by atoms with van der Waals surface area (Å²) >= 11 is 0. The van der Waals surface area contributed by atoms with Gasteiger partial charge in [-0.3, -0.25) is 4.79 Å². The first-order valence-electron chi connectivity index (χ1n) is 6.34. The smallest absolute Gasteiger partial charge is 0.298 e. The zero-order chi connectivity index (χ0) is 13.4. The Morgan fingerprint density at radius 2 is 2.11 bits per heavy atom. The summed E-state index contributed by atoms with van der Waals surface area (Å²) in [6.07, 6.45) is 1.48. The number of amides is 1. The number of nitrogens with two attached hydrogens (primary N) is 2. The zero-order valence-corrected chi connectivity index (χ0v) is 10.5. The number of oxazole rings is 1. The number of hydrogen-bond donors (Lipinski definition) is 2. The number of nitrogen functional groups attached to an aromatic ring is 1. The number of piperidine rings is 1. The van der Waals surface area contributed by atoms with Crippen LogP contribution in [0.2, 0.25) is 0 Å². The van der Waals surface area contributed by atoms with Crippen molar-refractivity contribution in [2.45, 2.75) is 12.8 Å². The normalized spacial score (nSPS) is 16.9. The standard InChI is InChI=1S/C13H16N4O2/c14-9-2-1-3-10-11(9)16-13(19-10)17-6-4-8(5-7-17)12(15)18/h1-3,8H,4-7,14H2,(H2,15,18). The molecule has 19 heavy (non-hydrogen) atoms. The van der Waals surface area contributed by atoms with Gasteiger partial charge in [0.25, 0.3) is 6.01 Å². The largest absolute Gasteiger partial charge is 0.423 e. The molecule has 0 radical (unpaired) electrons. The molecular weight excluding hydrogens is 244 g/mol. The monoisotopic (exact) mass is 260 g/mol. The highest BCUT2D eigenvalue weighted by molar-refractivity contribution is 5.86. The molecule has 0 spiro atoms. The molecule has 6 heteroatoms. The quantitative estimate of drug-likeness (QED) is 0.788. The number of nitrogens with zero attached hydrogens (tertiary/aromatic N) is 2. The molecular formula is C13H16N4O2. The first-order valence-corrected chi connectivity index (χ1v) is 6.34. The Morgan fingerprint density at radius 1 is 1.37 bits per heavy atom. The van der Waals surface area contributed by atoms with Crippen LogP contribution in [0, 0.1) is 5.92 Å². The zero-order valence-electron chi connectivity index (χ0n) is 10.5. The first-order chi connectivity index (χ1) is 9.15. The summed E-state index contributed by atoms with van der Waals surface area (Å²) in [6, 6.07) is 6.05. The number of aromatic nitrogens is 1. The second kappa shape index (κ2) is 4.46. The highest BCUT2D eigenvalue weighted by Crippen LogP contribution is 2.28. The fraction of sp³-hybridized carbons (Fsp3) is 0.385. The number of rotatable bonds is 2. The van der Waals surface area contributed by atoms with Crippen LogP contribution in [0.25, 0.3) is 11.1 Å². The summed E-state index contributed by atoms with van der Waals surface area (Å²) in [6.45, 7) is 1.45. The molecule has 0 atom stereocenters. The van der Waals surface area contributed by atoms with Crippen molar-refractivity contribution in [1.82, 2.24) is 4.98 Å². The predicted molar refractivity (Wildman–Crippen MR) is 72.6 cm³/mol. The van der Waals surface area contributed by atoms with Crippen LogP contribution in [0.1, 0.15) is 12.8 Å². The molecule has 3 rings (SSSR count). The minimum absolute atomic E-state index is 0.0364. The van der Waals surface area contributed by atoms with E-state index in [0.29, 0.717) is 22.8 Å². The molecule has 0 aliphatic carbocycles. The van der Waals surface area contributed by atoms with Gasteiger partial charge >= 0.3 is 0 Å². The molecule has 1 aliphatic heterocycles. The first kappa shape index (κ1) is 11.8. The van der Waals surface area contributed by atoms with Crippen molar-refractivity contribution in [1.29, 1.82) is 0 Å². The van der Waals surface area contributed by atoms with Gasteiger partial charge in [0.15, 0.2) is 5.58 Å². The third-order valence-electron chi connectivity index (χ3n) is 3.61. The van der Waals surface area contributed by atoms with Crippen molar-refractivity contribution in [2.75, 3.05) is 23.7 Å². The molecule has 1 aromatic carbocycles. The van der Waals surface area contributed by atoms with Crippen LogP contribution in [0.3, 0.4) is 0 Å². The Labute approximate surface area is 110 Å². The Hall–Kier alpha value is -2.24. The summed E-state index contributed by atoms with van der Waals surface area (Å²) in [5.41, 5.74) is 13.2. The SMILES string of the molecule is NC(=O)C1CCN(c2nc3c(N)cccc3o2)CC1. The van der Waals surface area contributed by atoms with Gasteiger partial charge in [0.2, 0.25) is 5.91 Å². The maximum absolute atomic E-state index is 11.1. The lowest BCUT2D eigenvalue weighted by molar-refractivity contribution is -0.122. The summed E-state index contributed by atoms with van der Waals surface area (Å²) in [5.74, 6) is -0.257. The lowest BCUT2D eigenvalue weighted by Crippen LogP contribution is -2.38. The Morgan fingerprint density at radius 3 is 2.74 bits per heavy atom. The second-order valence-corrected chi connectivity index (χ2v) is 4.85. The molecule has 100 valence electrons. The van der Waals surface area contributed by atoms with E-state index in [1.165, 1.54) is 0 Å². The fourth-order valence-corrected chi connectivity index (χ4v) is 2.45. The molecule has 0 saturated carbocycles. The second-order valence-electron chi connectivity index (χ2n) is 4.85. The lowest BCUT2D eigenvalue weighted by atomic mass is 9.97. The molecule has 0 unspecified atom stereocenters. The Balaban J connectivity index is 1.82. The molecule has 1 amide bonds. The molecule has 2 aromatic rings. The number of carbonyl (C=O) groups excluding carboxylic acids is 1. The van der Waals surface area contributed by atoms with E-state index in [9.17, 15) is 4.79 Å². The van der Waals surface area contributed by atoms with Gasteiger partial charge in [0.05, 0.1) is 5.69 Å². The van der Waals surface area contributed by atoms with Gasteiger partial charge in [0.1, 0.15) is 5.52 Å². The molecule has 1 fully saturated rings. The van der Waals surface area contributed by atoms with E-state index in [4.69, 9.17) is 15.9 Å². The van der Waals surface area contributed by atoms with Crippen LogP contribution in [-0.4, -0.2) is 24.0 Å². The van der Waals surface area contributed by atoms with Gasteiger partial charge < -0.3 is 20.8 Å². The van der Waals surface area contributed by atoms with Crippen LogP contribution in [0.4, 0.5) is 11.7 Å². The van der Waals surface area contributed by atoms with Crippen LogP contribution in [0.5, 0.6) is 0 Å². The van der Waals surface area contributed by atoms with Gasteiger partial charge in [-0.05, 0) is 25.0 Å². The van der Waals surface area contributed by atoms with E-state index in [1.807, 2.05) is 17.0 Å². The molecule has 1 aliphatic rings. The predicted octanol–water partition coefficient (Wildman–Crippen LogP) is 1.11. The van der Waals surface area contributed by atoms with Gasteiger partial charge in [-0.15, -0.1) is 0 Å². The van der Waals surface area contributed by atoms with E-state index < -0.39 is 0 Å². The van der Waals surface area contributed by atoms with Crippen molar-refractivity contribution in [2.24, 2.45) is 11.7 Å². The third-order valence-corrected chi connectivity index (χ3v) is 3.61. The highest BCUT2D eigenvalue weighted by atomic mass is 16.4. The topological polar surface area (TPSA) is 98.4 Å². The maximum Gasteiger partial charge on any atom is 0.298 e. The summed E-state index contributed by atoms with van der Waals surface area (Å²) in [5, 5.41) is 0. The van der Waals surface area contributed by atoms with E-state index >= 15 is 0 Å². The van der Waals surface area contributed by atoms with Crippen LogP contribution in [0.15, 0.2) is 22.6 Å². The molecule has 6 nitrogen and oxygen atoms in total. The van der Waals surface area contributed by atoms with E-state index in [0.717, 1.165) is 25.9 Å². The van der Waals surface area contributed by atoms with Crippen LogP contribution < -0.4 is 16.4 Å². The highest BCUT2D eigenvalue weighted by Gasteiger charge is 2.25. The lowest BCUT2D eigenvalue weighted by Gasteiger charge is -2.29. The minimum atomic E-state index is -0.221. The Kier molecular flexibility index (Phi) is 2.77. The molecule has 0 bridgehead atoms. The number of para-hydroxylation sites is 1. The van der Waals surface area contributed by atoms with Crippen LogP contribution in [-0.2, 0) is 4.79 Å². The molecule has 1 saturated heterocycles. The molecule has 1 aromatic heterocycles. The summed E-state index contributed by atoms with van der Waals surface area (Å²) in [4.78, 5) is 17.6. The van der Waals surface area contributed by atoms with Crippen LogP contribution >= 0.6 is 0 Å². The van der Waals surface area contributed by atoms with Gasteiger partial charge in [-0.1, -0.05) is 6.07 Å². The minimum Gasteiger partial charge on any atom is -0.423 e. The van der Waals surface area contributed by atoms with Crippen molar-refractivity contribution in [3.8, 4) is 0 Å². The maximum atomic E-state index is 11.1. The average molecular weight is 260 g/mol. The van der Waals surface area contributed by atoms with E-state index in [2.05, 4.69) is 4.98 Å². The summed E-state index contributed by atoms with van der Waals surface area (Å²) < 4.78 is 5.70. The molecule has 2 heterocycles. The average Bonchev–Trinajstić information content (AvgIpc) is 2.84. The van der Waals surface area contributed by atoms with Gasteiger partial charge in [-0.25, -0.2) is 0 Å². The van der Waals surface area contributed by atoms with Crippen molar-refractivity contribution < 1.29 is 9.21 Å². The molecule has 4 N–H and O–H groups in total. The van der Waals surface area contributed by atoms with Gasteiger partial charge in [0, 0.05) is 19.0 Å².